The zero-order valence-corrected chi connectivity index (χ0v) is 39.7. The number of hydrogen-bond donors (Lipinski definition) is 0. The van der Waals surface area contributed by atoms with Crippen molar-refractivity contribution in [3.63, 3.8) is 0 Å². The van der Waals surface area contributed by atoms with Crippen molar-refractivity contribution >= 4 is 21.8 Å². The molecule has 0 radical (unpaired) electrons. The molecule has 0 spiro atoms. The molecule has 0 bridgehead atoms. The van der Waals surface area contributed by atoms with Gasteiger partial charge in [0.2, 0.25) is 0 Å². The van der Waals surface area contributed by atoms with Gasteiger partial charge in [-0.2, -0.15) is 23.7 Å². The Bertz CT molecular complexity index is 3820. The van der Waals surface area contributed by atoms with Crippen LogP contribution in [0.1, 0.15) is 16.7 Å². The zero-order chi connectivity index (χ0) is 51.0. The van der Waals surface area contributed by atoms with E-state index in [0.717, 1.165) is 44.2 Å². The van der Waals surface area contributed by atoms with Crippen molar-refractivity contribution in [2.24, 2.45) is 0 Å². The molecule has 3 heterocycles. The van der Waals surface area contributed by atoms with Crippen molar-refractivity contribution < 1.29 is 13.2 Å². The third kappa shape index (κ3) is 8.84. The van der Waals surface area contributed by atoms with E-state index in [-0.39, 0.29) is 22.5 Å². The largest absolute Gasteiger partial charge is 0.416 e. The molecule has 10 heteroatoms. The summed E-state index contributed by atoms with van der Waals surface area (Å²) in [4.78, 5) is 20.5. The fraction of sp³-hybridized carbons (Fsp3) is 0.0154. The fourth-order valence-corrected chi connectivity index (χ4v) is 9.64. The smallest absolute Gasteiger partial charge is 0.308 e. The van der Waals surface area contributed by atoms with Crippen LogP contribution < -0.4 is 0 Å². The van der Waals surface area contributed by atoms with E-state index in [4.69, 9.17) is 19.9 Å². The molecule has 12 rings (SSSR count). The standard InChI is InChI=1S/C65H38F3N7/c66-65(67,68)51-35-54(58-37-56(45-13-5-1-6-14-45)71-63(73-58)47-17-9-3-10-18-47)62(55(36-51)59-38-57(46-15-7-2-8-16-46)72-64(74-59)48-19-11-4-12-20-48)75-60-33-49(43-25-21-41(39-69)22-26-43)29-31-52(60)53-32-30-50(34-61(53)75)44-27-23-42(40-70)24-28-44/h1-38H. The molecule has 0 aliphatic rings. The second kappa shape index (κ2) is 19.0. The van der Waals surface area contributed by atoms with Crippen LogP contribution in [-0.4, -0.2) is 24.5 Å². The summed E-state index contributed by atoms with van der Waals surface area (Å²) in [7, 11) is 0. The van der Waals surface area contributed by atoms with E-state index in [2.05, 4.69) is 12.1 Å². The lowest BCUT2D eigenvalue weighted by molar-refractivity contribution is -0.137. The highest BCUT2D eigenvalue weighted by atomic mass is 19.4. The maximum atomic E-state index is 16.0. The molecule has 0 saturated heterocycles. The molecule has 0 saturated carbocycles. The minimum absolute atomic E-state index is 0.170. The van der Waals surface area contributed by atoms with E-state index in [1.54, 1.807) is 36.4 Å². The molecule has 12 aromatic rings. The Morgan fingerprint density at radius 3 is 1.05 bits per heavy atom. The minimum atomic E-state index is -4.83. The third-order valence-corrected chi connectivity index (χ3v) is 13.3. The predicted octanol–water partition coefficient (Wildman–Crippen LogP) is 16.5. The average molecular weight is 974 g/mol. The first-order chi connectivity index (χ1) is 36.7. The van der Waals surface area contributed by atoms with E-state index >= 15 is 13.2 Å². The molecule has 0 N–H and O–H groups in total. The lowest BCUT2D eigenvalue weighted by atomic mass is 9.95. The summed E-state index contributed by atoms with van der Waals surface area (Å²) in [6.07, 6.45) is -4.83. The summed E-state index contributed by atoms with van der Waals surface area (Å²) in [5.41, 5.74) is 9.88. The number of nitriles is 2. The van der Waals surface area contributed by atoms with Gasteiger partial charge in [0.1, 0.15) is 0 Å². The number of alkyl halides is 3. The lowest BCUT2D eigenvalue weighted by Crippen LogP contribution is -2.10. The molecule has 0 fully saturated rings. The van der Waals surface area contributed by atoms with Crippen LogP contribution in [0.15, 0.2) is 231 Å². The van der Waals surface area contributed by atoms with Crippen LogP contribution in [-0.2, 0) is 6.18 Å². The van der Waals surface area contributed by atoms with Gasteiger partial charge in [-0.1, -0.05) is 170 Å². The van der Waals surface area contributed by atoms with Gasteiger partial charge in [0.15, 0.2) is 11.6 Å². The molecule has 0 amide bonds. The van der Waals surface area contributed by atoms with Crippen LogP contribution in [0.2, 0.25) is 0 Å². The van der Waals surface area contributed by atoms with E-state index in [1.807, 2.05) is 187 Å². The first-order valence-electron chi connectivity index (χ1n) is 24.0. The van der Waals surface area contributed by atoms with E-state index in [0.29, 0.717) is 62.0 Å². The van der Waals surface area contributed by atoms with Gasteiger partial charge in [0.25, 0.3) is 0 Å². The highest BCUT2D eigenvalue weighted by Crippen LogP contribution is 2.47. The first-order valence-corrected chi connectivity index (χ1v) is 24.0. The fourth-order valence-electron chi connectivity index (χ4n) is 9.64. The summed E-state index contributed by atoms with van der Waals surface area (Å²) >= 11 is 0. The Hall–Kier alpha value is -10.3. The van der Waals surface area contributed by atoms with Crippen LogP contribution in [0, 0.1) is 22.7 Å². The quantitative estimate of drug-likeness (QED) is 0.143. The van der Waals surface area contributed by atoms with Crippen LogP contribution in [0.3, 0.4) is 0 Å². The van der Waals surface area contributed by atoms with Gasteiger partial charge in [0, 0.05) is 44.2 Å². The molecular formula is C65H38F3N7. The van der Waals surface area contributed by atoms with Crippen molar-refractivity contribution in [2.75, 3.05) is 0 Å². The molecule has 7 nitrogen and oxygen atoms in total. The van der Waals surface area contributed by atoms with Crippen molar-refractivity contribution in [2.45, 2.75) is 6.18 Å². The minimum Gasteiger partial charge on any atom is -0.308 e. The number of nitrogens with zero attached hydrogens (tertiary/aromatic N) is 7. The Morgan fingerprint density at radius 1 is 0.347 bits per heavy atom. The summed E-state index contributed by atoms with van der Waals surface area (Å²) < 4.78 is 50.1. The first kappa shape index (κ1) is 45.8. The summed E-state index contributed by atoms with van der Waals surface area (Å²) in [5, 5.41) is 21.1. The molecule has 354 valence electrons. The van der Waals surface area contributed by atoms with Gasteiger partial charge < -0.3 is 4.57 Å². The summed E-state index contributed by atoms with van der Waals surface area (Å²) in [6.45, 7) is 0. The van der Waals surface area contributed by atoms with Crippen molar-refractivity contribution in [3.05, 3.63) is 247 Å². The maximum absolute atomic E-state index is 16.0. The number of fused-ring (bicyclic) bond motifs is 3. The van der Waals surface area contributed by atoms with Gasteiger partial charge >= 0.3 is 6.18 Å². The normalized spacial score (nSPS) is 11.4. The molecule has 9 aromatic carbocycles. The average Bonchev–Trinajstić information content (AvgIpc) is 3.81. The Balaban J connectivity index is 1.27. The molecule has 3 aromatic heterocycles. The highest BCUT2D eigenvalue weighted by molar-refractivity contribution is 6.12. The van der Waals surface area contributed by atoms with Crippen LogP contribution in [0.25, 0.3) is 118 Å². The molecule has 0 unspecified atom stereocenters. The molecular weight excluding hydrogens is 936 g/mol. The Kier molecular flexibility index (Phi) is 11.6. The van der Waals surface area contributed by atoms with Gasteiger partial charge in [0.05, 0.1) is 68.3 Å². The van der Waals surface area contributed by atoms with Gasteiger partial charge in [-0.05, 0) is 82.9 Å². The van der Waals surface area contributed by atoms with Crippen molar-refractivity contribution in [1.29, 1.82) is 10.5 Å². The van der Waals surface area contributed by atoms with Crippen LogP contribution in [0.4, 0.5) is 13.2 Å². The third-order valence-electron chi connectivity index (χ3n) is 13.3. The lowest BCUT2D eigenvalue weighted by Gasteiger charge is -2.22. The highest BCUT2D eigenvalue weighted by Gasteiger charge is 2.35. The zero-order valence-electron chi connectivity index (χ0n) is 39.7. The van der Waals surface area contributed by atoms with Crippen molar-refractivity contribution in [1.82, 2.24) is 24.5 Å². The molecule has 0 aliphatic carbocycles. The van der Waals surface area contributed by atoms with Crippen molar-refractivity contribution in [3.8, 4) is 108 Å². The number of rotatable bonds is 9. The maximum Gasteiger partial charge on any atom is 0.416 e. The number of aromatic nitrogens is 5. The topological polar surface area (TPSA) is 104 Å². The van der Waals surface area contributed by atoms with E-state index in [1.165, 1.54) is 12.1 Å². The number of benzene rings is 9. The number of hydrogen-bond acceptors (Lipinski definition) is 6. The number of halogens is 3. The predicted molar refractivity (Wildman–Crippen MR) is 290 cm³/mol. The van der Waals surface area contributed by atoms with E-state index < -0.39 is 11.7 Å². The summed E-state index contributed by atoms with van der Waals surface area (Å²) in [5.74, 6) is 0.648. The monoisotopic (exact) mass is 973 g/mol. The van der Waals surface area contributed by atoms with Gasteiger partial charge in [-0.25, -0.2) is 19.9 Å². The van der Waals surface area contributed by atoms with Gasteiger partial charge in [-0.15, -0.1) is 0 Å². The second-order valence-electron chi connectivity index (χ2n) is 18.0. The Morgan fingerprint density at radius 2 is 0.693 bits per heavy atom. The molecule has 0 atom stereocenters. The van der Waals surface area contributed by atoms with Crippen LogP contribution >= 0.6 is 0 Å². The SMILES string of the molecule is N#Cc1ccc(-c2ccc3c4ccc(-c5ccc(C#N)cc5)cc4n(-c4c(-c5cc(-c6ccccc6)nc(-c6ccccc6)n5)cc(C(F)(F)F)cc4-c4cc(-c5ccccc5)nc(-c5ccccc5)n4)c3c2)cc1. The van der Waals surface area contributed by atoms with Gasteiger partial charge in [-0.3, -0.25) is 0 Å². The molecule has 0 aliphatic heterocycles. The summed E-state index contributed by atoms with van der Waals surface area (Å²) in [6, 6.07) is 74.9. The second-order valence-corrected chi connectivity index (χ2v) is 18.0. The van der Waals surface area contributed by atoms with Crippen LogP contribution in [0.5, 0.6) is 0 Å². The molecule has 75 heavy (non-hydrogen) atoms. The Labute approximate surface area is 429 Å². The van der Waals surface area contributed by atoms with E-state index in [9.17, 15) is 10.5 Å².